The second kappa shape index (κ2) is 9.08. The van der Waals surface area contributed by atoms with Crippen molar-refractivity contribution >= 4 is 23.4 Å². The van der Waals surface area contributed by atoms with E-state index in [1.807, 2.05) is 36.1 Å². The van der Waals surface area contributed by atoms with Crippen LogP contribution in [0.5, 0.6) is 0 Å². The van der Waals surface area contributed by atoms with Crippen molar-refractivity contribution in [3.63, 3.8) is 0 Å². The van der Waals surface area contributed by atoms with Crippen molar-refractivity contribution in [2.24, 2.45) is 0 Å². The van der Waals surface area contributed by atoms with Gasteiger partial charge in [-0.2, -0.15) is 0 Å². The number of para-hydroxylation sites is 1. The third-order valence-electron chi connectivity index (χ3n) is 5.67. The summed E-state index contributed by atoms with van der Waals surface area (Å²) in [4.78, 5) is 42.1. The van der Waals surface area contributed by atoms with E-state index in [1.54, 1.807) is 11.8 Å². The van der Waals surface area contributed by atoms with E-state index in [0.717, 1.165) is 37.2 Å². The fourth-order valence-corrected chi connectivity index (χ4v) is 3.92. The topological polar surface area (TPSA) is 73.0 Å². The van der Waals surface area contributed by atoms with Crippen LogP contribution in [0, 0.1) is 0 Å². The average Bonchev–Trinajstić information content (AvgIpc) is 2.73. The van der Waals surface area contributed by atoms with Crippen molar-refractivity contribution in [1.29, 1.82) is 0 Å². The van der Waals surface area contributed by atoms with E-state index >= 15 is 0 Å². The van der Waals surface area contributed by atoms with Gasteiger partial charge in [0, 0.05) is 64.3 Å². The summed E-state index contributed by atoms with van der Waals surface area (Å²) in [7, 11) is 0. The first-order valence-electron chi connectivity index (χ1n) is 10.2. The molecule has 0 aliphatic carbocycles. The van der Waals surface area contributed by atoms with Crippen molar-refractivity contribution in [3.05, 3.63) is 29.8 Å². The molecule has 2 fully saturated rings. The first-order valence-corrected chi connectivity index (χ1v) is 10.2. The first-order chi connectivity index (χ1) is 13.5. The van der Waals surface area contributed by atoms with Crippen molar-refractivity contribution in [2.45, 2.75) is 39.2 Å². The third-order valence-corrected chi connectivity index (χ3v) is 5.67. The predicted molar refractivity (Wildman–Crippen MR) is 108 cm³/mol. The minimum absolute atomic E-state index is 0.0280. The molecule has 2 aliphatic heterocycles. The number of rotatable bonds is 4. The second-order valence-corrected chi connectivity index (χ2v) is 7.50. The number of anilines is 1. The number of nitrogens with one attached hydrogen (secondary N) is 1. The number of carbonyl (C=O) groups is 3. The Morgan fingerprint density at radius 1 is 0.964 bits per heavy atom. The van der Waals surface area contributed by atoms with Gasteiger partial charge in [0.2, 0.25) is 11.8 Å². The molecule has 7 heteroatoms. The summed E-state index contributed by atoms with van der Waals surface area (Å²) < 4.78 is 0. The maximum absolute atomic E-state index is 13.1. The lowest BCUT2D eigenvalue weighted by Crippen LogP contribution is -2.50. The molecular weight excluding hydrogens is 356 g/mol. The molecule has 7 nitrogen and oxygen atoms in total. The maximum Gasteiger partial charge on any atom is 0.256 e. The van der Waals surface area contributed by atoms with Crippen LogP contribution in [0.4, 0.5) is 5.69 Å². The van der Waals surface area contributed by atoms with Crippen LogP contribution < -0.4 is 10.2 Å². The second-order valence-electron chi connectivity index (χ2n) is 7.50. The van der Waals surface area contributed by atoms with Crippen molar-refractivity contribution in [3.8, 4) is 0 Å². The highest BCUT2D eigenvalue weighted by molar-refractivity contribution is 6.00. The van der Waals surface area contributed by atoms with Crippen LogP contribution in [0.15, 0.2) is 24.3 Å². The van der Waals surface area contributed by atoms with Gasteiger partial charge >= 0.3 is 0 Å². The van der Waals surface area contributed by atoms with Gasteiger partial charge in [0.1, 0.15) is 0 Å². The summed E-state index contributed by atoms with van der Waals surface area (Å²) in [5, 5.41) is 3.07. The highest BCUT2D eigenvalue weighted by Crippen LogP contribution is 2.26. The monoisotopic (exact) mass is 386 g/mol. The van der Waals surface area contributed by atoms with Crippen molar-refractivity contribution in [2.75, 3.05) is 44.2 Å². The average molecular weight is 386 g/mol. The third kappa shape index (κ3) is 4.64. The fraction of sp³-hybridized carbons (Fsp3) is 0.571. The SMILES string of the molecule is CCC(=O)NC1CCN(c2ccccc2C(=O)N2CCN(C(C)=O)CC2)CC1. The van der Waals surface area contributed by atoms with E-state index < -0.39 is 0 Å². The van der Waals surface area contributed by atoms with Gasteiger partial charge in [-0.05, 0) is 25.0 Å². The number of piperazine rings is 1. The normalized spacial score (nSPS) is 18.1. The van der Waals surface area contributed by atoms with Crippen LogP contribution in [-0.2, 0) is 9.59 Å². The summed E-state index contributed by atoms with van der Waals surface area (Å²) in [5.74, 6) is 0.185. The van der Waals surface area contributed by atoms with Gasteiger partial charge < -0.3 is 20.0 Å². The summed E-state index contributed by atoms with van der Waals surface area (Å²) in [6.45, 7) is 7.38. The van der Waals surface area contributed by atoms with Gasteiger partial charge in [-0.15, -0.1) is 0 Å². The zero-order valence-corrected chi connectivity index (χ0v) is 16.8. The minimum Gasteiger partial charge on any atom is -0.371 e. The lowest BCUT2D eigenvalue weighted by atomic mass is 10.0. The Bertz CT molecular complexity index is 720. The van der Waals surface area contributed by atoms with Gasteiger partial charge in [-0.3, -0.25) is 14.4 Å². The molecule has 0 saturated carbocycles. The number of nitrogens with zero attached hydrogens (tertiary/aromatic N) is 3. The molecule has 1 N–H and O–H groups in total. The molecule has 152 valence electrons. The zero-order chi connectivity index (χ0) is 20.1. The fourth-order valence-electron chi connectivity index (χ4n) is 3.92. The van der Waals surface area contributed by atoms with Crippen LogP contribution in [0.2, 0.25) is 0 Å². The van der Waals surface area contributed by atoms with Crippen LogP contribution in [0.3, 0.4) is 0 Å². The van der Waals surface area contributed by atoms with E-state index in [1.165, 1.54) is 0 Å². The molecule has 1 aromatic carbocycles. The highest BCUT2D eigenvalue weighted by Gasteiger charge is 2.27. The molecule has 0 unspecified atom stereocenters. The van der Waals surface area contributed by atoms with E-state index in [4.69, 9.17) is 0 Å². The molecule has 1 aromatic rings. The number of piperidine rings is 1. The Labute approximate surface area is 166 Å². The molecule has 3 amide bonds. The Hall–Kier alpha value is -2.57. The van der Waals surface area contributed by atoms with Gasteiger partial charge in [-0.25, -0.2) is 0 Å². The number of hydrogen-bond acceptors (Lipinski definition) is 4. The first kappa shape index (κ1) is 20.2. The van der Waals surface area contributed by atoms with Gasteiger partial charge in [0.25, 0.3) is 5.91 Å². The minimum atomic E-state index is 0.0280. The largest absolute Gasteiger partial charge is 0.371 e. The Morgan fingerprint density at radius 2 is 1.57 bits per heavy atom. The van der Waals surface area contributed by atoms with E-state index in [9.17, 15) is 14.4 Å². The molecule has 3 rings (SSSR count). The quantitative estimate of drug-likeness (QED) is 0.851. The molecule has 0 spiro atoms. The van der Waals surface area contributed by atoms with Crippen LogP contribution in [0.1, 0.15) is 43.5 Å². The molecule has 2 saturated heterocycles. The molecule has 28 heavy (non-hydrogen) atoms. The summed E-state index contributed by atoms with van der Waals surface area (Å²) >= 11 is 0. The van der Waals surface area contributed by atoms with Gasteiger partial charge in [0.15, 0.2) is 0 Å². The zero-order valence-electron chi connectivity index (χ0n) is 16.8. The molecule has 2 heterocycles. The summed E-state index contributed by atoms with van der Waals surface area (Å²) in [6.07, 6.45) is 2.27. The van der Waals surface area contributed by atoms with E-state index in [-0.39, 0.29) is 23.8 Å². The van der Waals surface area contributed by atoms with Crippen LogP contribution >= 0.6 is 0 Å². The van der Waals surface area contributed by atoms with Crippen LogP contribution in [-0.4, -0.2) is 72.8 Å². The molecule has 0 radical (unpaired) electrons. The number of carbonyl (C=O) groups excluding carboxylic acids is 3. The lowest BCUT2D eigenvalue weighted by molar-refractivity contribution is -0.130. The highest BCUT2D eigenvalue weighted by atomic mass is 16.2. The number of hydrogen-bond donors (Lipinski definition) is 1. The van der Waals surface area contributed by atoms with Crippen molar-refractivity contribution in [1.82, 2.24) is 15.1 Å². The predicted octanol–water partition coefficient (Wildman–Crippen LogP) is 1.49. The number of benzene rings is 1. The van der Waals surface area contributed by atoms with Crippen LogP contribution in [0.25, 0.3) is 0 Å². The standard InChI is InChI=1S/C21H30N4O3/c1-3-20(27)22-17-8-10-24(11-9-17)19-7-5-4-6-18(19)21(28)25-14-12-23(13-15-25)16(2)26/h4-7,17H,3,8-15H2,1-2H3,(H,22,27). The molecule has 0 bridgehead atoms. The smallest absolute Gasteiger partial charge is 0.256 e. The van der Waals surface area contributed by atoms with Gasteiger partial charge in [0.05, 0.1) is 5.56 Å². The Morgan fingerprint density at radius 3 is 2.18 bits per heavy atom. The van der Waals surface area contributed by atoms with Gasteiger partial charge in [-0.1, -0.05) is 19.1 Å². The molecular formula is C21H30N4O3. The summed E-state index contributed by atoms with van der Waals surface area (Å²) in [6, 6.07) is 7.97. The summed E-state index contributed by atoms with van der Waals surface area (Å²) in [5.41, 5.74) is 1.68. The maximum atomic E-state index is 13.1. The number of amides is 3. The molecule has 0 atom stereocenters. The molecule has 2 aliphatic rings. The van der Waals surface area contributed by atoms with E-state index in [0.29, 0.717) is 32.6 Å². The van der Waals surface area contributed by atoms with Crippen molar-refractivity contribution < 1.29 is 14.4 Å². The molecule has 0 aromatic heterocycles. The lowest BCUT2D eigenvalue weighted by Gasteiger charge is -2.37. The Kier molecular flexibility index (Phi) is 6.54. The Balaban J connectivity index is 1.64. The van der Waals surface area contributed by atoms with E-state index in [2.05, 4.69) is 10.2 Å².